The molecule has 2 heterocycles. The number of ether oxygens (including phenoxy) is 1. The summed E-state index contributed by atoms with van der Waals surface area (Å²) in [6.07, 6.45) is 2.69. The number of carbonyl (C=O) groups excluding carboxylic acids is 1. The van der Waals surface area contributed by atoms with Gasteiger partial charge in [0.1, 0.15) is 18.1 Å². The van der Waals surface area contributed by atoms with Gasteiger partial charge in [0.05, 0.1) is 7.11 Å². The Morgan fingerprint density at radius 2 is 1.97 bits per heavy atom. The summed E-state index contributed by atoms with van der Waals surface area (Å²) in [5, 5.41) is 8.33. The van der Waals surface area contributed by atoms with Crippen molar-refractivity contribution in [2.24, 2.45) is 0 Å². The smallest absolute Gasteiger partial charge is 0.226 e. The van der Waals surface area contributed by atoms with Gasteiger partial charge in [0.2, 0.25) is 5.95 Å². The molecule has 146 valence electrons. The molecule has 0 saturated carbocycles. The van der Waals surface area contributed by atoms with Crippen molar-refractivity contribution in [3.8, 4) is 5.75 Å². The lowest BCUT2D eigenvalue weighted by Gasteiger charge is -2.35. The monoisotopic (exact) mass is 406 g/mol. The zero-order valence-electron chi connectivity index (χ0n) is 15.8. The van der Waals surface area contributed by atoms with E-state index in [1.54, 1.807) is 11.8 Å². The zero-order chi connectivity index (χ0) is 20.0. The van der Waals surface area contributed by atoms with Gasteiger partial charge in [0, 0.05) is 22.7 Å². The van der Waals surface area contributed by atoms with Crippen LogP contribution in [0.5, 0.6) is 5.75 Å². The van der Waals surface area contributed by atoms with Crippen LogP contribution in [0.15, 0.2) is 66.1 Å². The van der Waals surface area contributed by atoms with Gasteiger partial charge in [0.25, 0.3) is 0 Å². The van der Waals surface area contributed by atoms with Gasteiger partial charge in [-0.1, -0.05) is 35.9 Å². The molecule has 0 saturated heterocycles. The fourth-order valence-electron chi connectivity index (χ4n) is 4.25. The number of rotatable bonds is 3. The number of Topliss-reactive ketones (excluding diaryl/α,β-unsaturated/α-hetero) is 1. The largest absolute Gasteiger partial charge is 0.497 e. The van der Waals surface area contributed by atoms with E-state index in [4.69, 9.17) is 16.3 Å². The van der Waals surface area contributed by atoms with Crippen LogP contribution < -0.4 is 10.1 Å². The van der Waals surface area contributed by atoms with Gasteiger partial charge in [0.15, 0.2) is 5.78 Å². The Labute approximate surface area is 173 Å². The Balaban J connectivity index is 1.56. The molecule has 2 aliphatic rings. The standard InChI is InChI=1S/C22H19ClN4O2/c1-29-17-7-5-13(6-8-17)15-10-18-20(19(28)11-15)21(14-3-2-4-16(23)9-14)27-22(26-18)24-12-25-27/h2-9,12,15,21H,10-11H2,1H3,(H,24,25,26)/t15-,21-/m1/s1. The minimum Gasteiger partial charge on any atom is -0.497 e. The molecule has 0 spiro atoms. The maximum absolute atomic E-state index is 13.3. The zero-order valence-corrected chi connectivity index (χ0v) is 16.6. The number of fused-ring (bicyclic) bond motifs is 1. The molecular formula is C22H19ClN4O2. The van der Waals surface area contributed by atoms with Crippen molar-refractivity contribution in [1.29, 1.82) is 0 Å². The van der Waals surface area contributed by atoms with Gasteiger partial charge in [-0.25, -0.2) is 4.68 Å². The quantitative estimate of drug-likeness (QED) is 0.700. The molecule has 5 rings (SSSR count). The van der Waals surface area contributed by atoms with Crippen molar-refractivity contribution in [2.45, 2.75) is 24.8 Å². The number of ketones is 1. The summed E-state index contributed by atoms with van der Waals surface area (Å²) in [4.78, 5) is 17.7. The number of hydrogen-bond donors (Lipinski definition) is 1. The van der Waals surface area contributed by atoms with Gasteiger partial charge < -0.3 is 10.1 Å². The molecule has 1 aromatic heterocycles. The van der Waals surface area contributed by atoms with Crippen molar-refractivity contribution in [2.75, 3.05) is 12.4 Å². The van der Waals surface area contributed by atoms with Crippen LogP contribution in [0.1, 0.15) is 35.9 Å². The van der Waals surface area contributed by atoms with E-state index in [0.717, 1.165) is 34.6 Å². The first kappa shape index (κ1) is 17.9. The number of benzene rings is 2. The summed E-state index contributed by atoms with van der Waals surface area (Å²) in [7, 11) is 1.65. The molecule has 2 aromatic carbocycles. The molecule has 6 nitrogen and oxygen atoms in total. The first-order valence-corrected chi connectivity index (χ1v) is 9.84. The molecule has 1 aliphatic heterocycles. The number of aromatic nitrogens is 3. The molecule has 3 aromatic rings. The topological polar surface area (TPSA) is 69.0 Å². The van der Waals surface area contributed by atoms with E-state index in [2.05, 4.69) is 15.4 Å². The van der Waals surface area contributed by atoms with Gasteiger partial charge in [-0.2, -0.15) is 10.1 Å². The Morgan fingerprint density at radius 1 is 1.14 bits per heavy atom. The van der Waals surface area contributed by atoms with Crippen LogP contribution in [0.25, 0.3) is 0 Å². The lowest BCUT2D eigenvalue weighted by Crippen LogP contribution is -2.33. The second-order valence-electron chi connectivity index (χ2n) is 7.30. The fraction of sp³-hybridized carbons (Fsp3) is 0.227. The van der Waals surface area contributed by atoms with Crippen molar-refractivity contribution < 1.29 is 9.53 Å². The number of nitrogens with one attached hydrogen (secondary N) is 1. The van der Waals surface area contributed by atoms with E-state index in [0.29, 0.717) is 17.4 Å². The van der Waals surface area contributed by atoms with Gasteiger partial charge in [-0.05, 0) is 47.7 Å². The summed E-state index contributed by atoms with van der Waals surface area (Å²) < 4.78 is 7.01. The molecular weight excluding hydrogens is 388 g/mol. The number of carbonyl (C=O) groups is 1. The number of hydrogen-bond acceptors (Lipinski definition) is 5. The SMILES string of the molecule is COc1ccc([C@H]2CC(=O)C3=C(C2)Nc2ncnn2[C@@H]3c2cccc(Cl)c2)cc1. The van der Waals surface area contributed by atoms with Crippen molar-refractivity contribution in [1.82, 2.24) is 14.8 Å². The van der Waals surface area contributed by atoms with Crippen LogP contribution in [-0.2, 0) is 4.79 Å². The number of nitrogens with zero attached hydrogens (tertiary/aromatic N) is 3. The highest BCUT2D eigenvalue weighted by Gasteiger charge is 2.39. The molecule has 0 radical (unpaired) electrons. The fourth-order valence-corrected chi connectivity index (χ4v) is 4.45. The number of allylic oxidation sites excluding steroid dienone is 2. The summed E-state index contributed by atoms with van der Waals surface area (Å²) in [5.41, 5.74) is 3.70. The molecule has 1 N–H and O–H groups in total. The maximum atomic E-state index is 13.3. The van der Waals surface area contributed by atoms with Crippen LogP contribution in [0.2, 0.25) is 5.02 Å². The van der Waals surface area contributed by atoms with Crippen LogP contribution in [-0.4, -0.2) is 27.7 Å². The third kappa shape index (κ3) is 3.09. The van der Waals surface area contributed by atoms with Crippen LogP contribution in [0.4, 0.5) is 5.95 Å². The maximum Gasteiger partial charge on any atom is 0.226 e. The Bertz CT molecular complexity index is 1120. The normalized spacial score (nSPS) is 20.7. The molecule has 0 bridgehead atoms. The molecule has 0 fully saturated rings. The van der Waals surface area contributed by atoms with Gasteiger partial charge in [-0.15, -0.1) is 0 Å². The molecule has 2 atom stereocenters. The predicted molar refractivity (Wildman–Crippen MR) is 110 cm³/mol. The number of halogens is 1. The highest BCUT2D eigenvalue weighted by molar-refractivity contribution is 6.30. The van der Waals surface area contributed by atoms with Gasteiger partial charge >= 0.3 is 0 Å². The average molecular weight is 407 g/mol. The van der Waals surface area contributed by atoms with Crippen molar-refractivity contribution >= 4 is 23.3 Å². The molecule has 0 unspecified atom stereocenters. The molecule has 1 aliphatic carbocycles. The Kier molecular flexibility index (Phi) is 4.36. The first-order chi connectivity index (χ1) is 14.1. The third-order valence-corrected chi connectivity index (χ3v) is 5.85. The highest BCUT2D eigenvalue weighted by Crippen LogP contribution is 2.44. The van der Waals surface area contributed by atoms with E-state index in [1.807, 2.05) is 48.5 Å². The van der Waals surface area contributed by atoms with E-state index in [-0.39, 0.29) is 17.7 Å². The van der Waals surface area contributed by atoms with E-state index in [9.17, 15) is 4.79 Å². The lowest BCUT2D eigenvalue weighted by molar-refractivity contribution is -0.116. The minimum atomic E-state index is -0.327. The van der Waals surface area contributed by atoms with Crippen LogP contribution in [0, 0.1) is 0 Å². The van der Waals surface area contributed by atoms with E-state index >= 15 is 0 Å². The summed E-state index contributed by atoms with van der Waals surface area (Å²) in [6, 6.07) is 15.2. The van der Waals surface area contributed by atoms with Crippen molar-refractivity contribution in [3.05, 3.63) is 82.3 Å². The number of anilines is 1. The Hall–Kier alpha value is -3.12. The third-order valence-electron chi connectivity index (χ3n) is 5.61. The highest BCUT2D eigenvalue weighted by atomic mass is 35.5. The second-order valence-corrected chi connectivity index (χ2v) is 7.74. The van der Waals surface area contributed by atoms with Gasteiger partial charge in [-0.3, -0.25) is 4.79 Å². The van der Waals surface area contributed by atoms with Crippen LogP contribution in [0.3, 0.4) is 0 Å². The van der Waals surface area contributed by atoms with E-state index < -0.39 is 0 Å². The van der Waals surface area contributed by atoms with Crippen molar-refractivity contribution in [3.63, 3.8) is 0 Å². The first-order valence-electron chi connectivity index (χ1n) is 9.46. The summed E-state index contributed by atoms with van der Waals surface area (Å²) >= 11 is 6.23. The summed E-state index contributed by atoms with van der Waals surface area (Å²) in [5.74, 6) is 1.66. The number of methoxy groups -OCH3 is 1. The van der Waals surface area contributed by atoms with Crippen LogP contribution >= 0.6 is 11.6 Å². The second kappa shape index (κ2) is 7.04. The molecule has 0 amide bonds. The average Bonchev–Trinajstić information content (AvgIpc) is 3.20. The minimum absolute atomic E-state index is 0.106. The predicted octanol–water partition coefficient (Wildman–Crippen LogP) is 4.36. The Morgan fingerprint density at radius 3 is 2.72 bits per heavy atom. The lowest BCUT2D eigenvalue weighted by atomic mass is 9.78. The molecule has 29 heavy (non-hydrogen) atoms. The molecule has 7 heteroatoms. The summed E-state index contributed by atoms with van der Waals surface area (Å²) in [6.45, 7) is 0. The van der Waals surface area contributed by atoms with E-state index in [1.165, 1.54) is 6.33 Å².